The van der Waals surface area contributed by atoms with E-state index in [1.807, 2.05) is 6.07 Å². The van der Waals surface area contributed by atoms with Crippen LogP contribution in [0.5, 0.6) is 0 Å². The van der Waals surface area contributed by atoms with Crippen molar-refractivity contribution in [2.75, 3.05) is 11.9 Å². The van der Waals surface area contributed by atoms with Crippen molar-refractivity contribution in [3.63, 3.8) is 0 Å². The summed E-state index contributed by atoms with van der Waals surface area (Å²) in [4.78, 5) is 9.40. The molecule has 20 heavy (non-hydrogen) atoms. The van der Waals surface area contributed by atoms with Gasteiger partial charge in [0, 0.05) is 30.6 Å². The Morgan fingerprint density at radius 3 is 2.65 bits per heavy atom. The summed E-state index contributed by atoms with van der Waals surface area (Å²) in [7, 11) is 0. The Morgan fingerprint density at radius 2 is 1.95 bits per heavy atom. The zero-order chi connectivity index (χ0) is 13.8. The van der Waals surface area contributed by atoms with Gasteiger partial charge in [0.2, 0.25) is 0 Å². The molecule has 1 N–H and O–H groups in total. The average molecular weight is 267 g/mol. The van der Waals surface area contributed by atoms with Gasteiger partial charge in [-0.15, -0.1) is 0 Å². The van der Waals surface area contributed by atoms with Crippen LogP contribution in [0.3, 0.4) is 0 Å². The Bertz CT molecular complexity index is 562. The number of hydrogen-bond acceptors (Lipinski definition) is 3. The number of benzene rings is 1. The van der Waals surface area contributed by atoms with Gasteiger partial charge in [0.1, 0.15) is 11.6 Å². The van der Waals surface area contributed by atoms with Crippen LogP contribution in [0.4, 0.5) is 5.82 Å². The van der Waals surface area contributed by atoms with E-state index < -0.39 is 0 Å². The molecule has 3 rings (SSSR count). The molecule has 1 aromatic carbocycles. The Hall–Kier alpha value is -1.90. The van der Waals surface area contributed by atoms with Crippen molar-refractivity contribution in [3.8, 4) is 0 Å². The summed E-state index contributed by atoms with van der Waals surface area (Å²) in [5.41, 5.74) is 2.48. The van der Waals surface area contributed by atoms with Crippen molar-refractivity contribution >= 4 is 5.82 Å². The van der Waals surface area contributed by atoms with Gasteiger partial charge in [0.05, 0.1) is 0 Å². The molecule has 1 saturated carbocycles. The lowest BCUT2D eigenvalue weighted by molar-refractivity contribution is 0.887. The highest BCUT2D eigenvalue weighted by molar-refractivity contribution is 5.38. The van der Waals surface area contributed by atoms with E-state index in [0.717, 1.165) is 31.0 Å². The molecule has 104 valence electrons. The number of hydrogen-bond donors (Lipinski definition) is 1. The number of rotatable bonds is 6. The van der Waals surface area contributed by atoms with Crippen LogP contribution in [0.25, 0.3) is 0 Å². The molecule has 0 unspecified atom stereocenters. The van der Waals surface area contributed by atoms with Crippen molar-refractivity contribution in [3.05, 3.63) is 53.5 Å². The van der Waals surface area contributed by atoms with Gasteiger partial charge in [-0.1, -0.05) is 37.3 Å². The molecule has 0 saturated heterocycles. The molecule has 3 nitrogen and oxygen atoms in total. The van der Waals surface area contributed by atoms with Crippen molar-refractivity contribution < 1.29 is 0 Å². The third-order valence-electron chi connectivity index (χ3n) is 3.55. The monoisotopic (exact) mass is 267 g/mol. The van der Waals surface area contributed by atoms with Gasteiger partial charge in [-0.25, -0.2) is 9.97 Å². The highest BCUT2D eigenvalue weighted by atomic mass is 15.0. The Morgan fingerprint density at radius 1 is 1.15 bits per heavy atom. The second-order valence-corrected chi connectivity index (χ2v) is 5.46. The van der Waals surface area contributed by atoms with Crippen molar-refractivity contribution in [2.24, 2.45) is 0 Å². The Balaban J connectivity index is 1.83. The summed E-state index contributed by atoms with van der Waals surface area (Å²) in [6, 6.07) is 12.6. The van der Waals surface area contributed by atoms with E-state index in [4.69, 9.17) is 4.98 Å². The molecule has 1 heterocycles. The molecule has 1 fully saturated rings. The van der Waals surface area contributed by atoms with E-state index >= 15 is 0 Å². The largest absolute Gasteiger partial charge is 0.370 e. The van der Waals surface area contributed by atoms with Gasteiger partial charge in [-0.05, 0) is 24.8 Å². The van der Waals surface area contributed by atoms with E-state index in [-0.39, 0.29) is 0 Å². The zero-order valence-corrected chi connectivity index (χ0v) is 12.0. The second-order valence-electron chi connectivity index (χ2n) is 5.46. The van der Waals surface area contributed by atoms with Crippen LogP contribution in [0.1, 0.15) is 49.2 Å². The summed E-state index contributed by atoms with van der Waals surface area (Å²) in [6.45, 7) is 3.13. The molecule has 1 aliphatic rings. The third kappa shape index (κ3) is 3.35. The van der Waals surface area contributed by atoms with E-state index in [1.54, 1.807) is 0 Å². The number of aromatic nitrogens is 2. The van der Waals surface area contributed by atoms with Crippen molar-refractivity contribution in [2.45, 2.75) is 38.5 Å². The maximum atomic E-state index is 4.75. The zero-order valence-electron chi connectivity index (χ0n) is 12.0. The lowest BCUT2D eigenvalue weighted by Gasteiger charge is -2.09. The van der Waals surface area contributed by atoms with E-state index in [1.165, 1.54) is 24.1 Å². The first-order valence-corrected chi connectivity index (χ1v) is 7.51. The van der Waals surface area contributed by atoms with Crippen LogP contribution >= 0.6 is 0 Å². The minimum Gasteiger partial charge on any atom is -0.370 e. The molecule has 1 aromatic heterocycles. The van der Waals surface area contributed by atoms with E-state index in [2.05, 4.69) is 47.6 Å². The SMILES string of the molecule is CCCNc1cc(C2CC2)nc(Cc2ccccc2)n1. The van der Waals surface area contributed by atoms with Crippen molar-refractivity contribution in [1.82, 2.24) is 9.97 Å². The number of anilines is 1. The van der Waals surface area contributed by atoms with Crippen molar-refractivity contribution in [1.29, 1.82) is 0 Å². The summed E-state index contributed by atoms with van der Waals surface area (Å²) < 4.78 is 0. The first-order chi connectivity index (χ1) is 9.85. The Labute approximate surface area is 120 Å². The number of nitrogens with one attached hydrogen (secondary N) is 1. The first kappa shape index (κ1) is 13.1. The molecule has 1 aliphatic carbocycles. The summed E-state index contributed by atoms with van der Waals surface area (Å²) in [5.74, 6) is 2.57. The fourth-order valence-electron chi connectivity index (χ4n) is 2.31. The second kappa shape index (κ2) is 6.04. The lowest BCUT2D eigenvalue weighted by Crippen LogP contribution is -2.07. The first-order valence-electron chi connectivity index (χ1n) is 7.51. The smallest absolute Gasteiger partial charge is 0.135 e. The predicted octanol–water partition coefficient (Wildman–Crippen LogP) is 3.77. The molecule has 0 spiro atoms. The highest BCUT2D eigenvalue weighted by Gasteiger charge is 2.26. The number of nitrogens with zero attached hydrogens (tertiary/aromatic N) is 2. The van der Waals surface area contributed by atoms with Crippen LogP contribution < -0.4 is 5.32 Å². The highest BCUT2D eigenvalue weighted by Crippen LogP contribution is 2.39. The molecule has 0 atom stereocenters. The fraction of sp³-hybridized carbons (Fsp3) is 0.412. The molecular formula is C17H21N3. The van der Waals surface area contributed by atoms with Gasteiger partial charge >= 0.3 is 0 Å². The van der Waals surface area contributed by atoms with Crippen LogP contribution in [-0.2, 0) is 6.42 Å². The summed E-state index contributed by atoms with van der Waals surface area (Å²) >= 11 is 0. The molecule has 0 amide bonds. The minimum atomic E-state index is 0.662. The topological polar surface area (TPSA) is 37.8 Å². The normalized spacial score (nSPS) is 14.2. The predicted molar refractivity (Wildman–Crippen MR) is 82.0 cm³/mol. The summed E-state index contributed by atoms with van der Waals surface area (Å²) in [5, 5.41) is 3.39. The molecule has 3 heteroatoms. The molecule has 0 bridgehead atoms. The van der Waals surface area contributed by atoms with Crippen LogP contribution in [0.15, 0.2) is 36.4 Å². The van der Waals surface area contributed by atoms with E-state index in [9.17, 15) is 0 Å². The van der Waals surface area contributed by atoms with Crippen LogP contribution in [0, 0.1) is 0 Å². The minimum absolute atomic E-state index is 0.662. The molecule has 2 aromatic rings. The Kier molecular flexibility index (Phi) is 3.95. The lowest BCUT2D eigenvalue weighted by atomic mass is 10.1. The molecule has 0 aliphatic heterocycles. The fourth-order valence-corrected chi connectivity index (χ4v) is 2.31. The molecule has 0 radical (unpaired) electrons. The third-order valence-corrected chi connectivity index (χ3v) is 3.55. The van der Waals surface area contributed by atoms with Gasteiger partial charge in [-0.2, -0.15) is 0 Å². The maximum absolute atomic E-state index is 4.75. The van der Waals surface area contributed by atoms with E-state index in [0.29, 0.717) is 5.92 Å². The maximum Gasteiger partial charge on any atom is 0.135 e. The quantitative estimate of drug-likeness (QED) is 0.865. The summed E-state index contributed by atoms with van der Waals surface area (Å²) in [6.07, 6.45) is 4.46. The van der Waals surface area contributed by atoms with Gasteiger partial charge in [-0.3, -0.25) is 0 Å². The van der Waals surface area contributed by atoms with Crippen LogP contribution in [-0.4, -0.2) is 16.5 Å². The molecular weight excluding hydrogens is 246 g/mol. The van der Waals surface area contributed by atoms with Gasteiger partial charge < -0.3 is 5.32 Å². The van der Waals surface area contributed by atoms with Crippen LogP contribution in [0.2, 0.25) is 0 Å². The van der Waals surface area contributed by atoms with Gasteiger partial charge in [0.15, 0.2) is 0 Å². The van der Waals surface area contributed by atoms with Gasteiger partial charge in [0.25, 0.3) is 0 Å². The standard InChI is InChI=1S/C17H21N3/c1-2-10-18-16-12-15(14-8-9-14)19-17(20-16)11-13-6-4-3-5-7-13/h3-7,12,14H,2,8-11H2,1H3,(H,18,19,20). The average Bonchev–Trinajstić information content (AvgIpc) is 3.31.